The van der Waals surface area contributed by atoms with Crippen LogP contribution >= 0.6 is 11.3 Å². The van der Waals surface area contributed by atoms with Gasteiger partial charge in [-0.15, -0.1) is 11.3 Å². The van der Waals surface area contributed by atoms with Crippen LogP contribution in [0.5, 0.6) is 0 Å². The van der Waals surface area contributed by atoms with Crippen molar-refractivity contribution in [3.05, 3.63) is 47.0 Å². The van der Waals surface area contributed by atoms with Crippen LogP contribution in [0.2, 0.25) is 0 Å². The normalized spacial score (nSPS) is 17.2. The molecular weight excluding hydrogens is 328 g/mol. The highest BCUT2D eigenvalue weighted by Crippen LogP contribution is 2.31. The first kappa shape index (κ1) is 14.9. The number of carbonyl (C=O) groups is 2. The molecule has 0 aliphatic carbocycles. The molecule has 1 fully saturated rings. The van der Waals surface area contributed by atoms with Gasteiger partial charge in [0, 0.05) is 11.8 Å². The van der Waals surface area contributed by atoms with E-state index >= 15 is 0 Å². The number of rotatable bonds is 3. The third-order valence-electron chi connectivity index (χ3n) is 3.88. The minimum atomic E-state index is -0.797. The van der Waals surface area contributed by atoms with Crippen molar-refractivity contribution in [2.75, 3.05) is 6.61 Å². The lowest BCUT2D eigenvalue weighted by Gasteiger charge is -2.06. The second kappa shape index (κ2) is 5.76. The number of benzene rings is 1. The number of para-hydroxylation sites is 1. The van der Waals surface area contributed by atoms with Crippen LogP contribution in [-0.2, 0) is 14.3 Å². The zero-order chi connectivity index (χ0) is 16.7. The number of cyclic esters (lactones) is 1. The van der Waals surface area contributed by atoms with E-state index in [0.717, 1.165) is 21.6 Å². The molecule has 1 atom stereocenters. The number of carbonyl (C=O) groups excluding carboxylic acids is 2. The van der Waals surface area contributed by atoms with E-state index in [-0.39, 0.29) is 0 Å². The van der Waals surface area contributed by atoms with E-state index in [0.29, 0.717) is 17.9 Å². The van der Waals surface area contributed by atoms with E-state index in [1.54, 1.807) is 6.07 Å². The Kier molecular flexibility index (Phi) is 3.57. The summed E-state index contributed by atoms with van der Waals surface area (Å²) in [6.07, 6.45) is -0.388. The van der Waals surface area contributed by atoms with Crippen molar-refractivity contribution in [2.45, 2.75) is 19.4 Å². The van der Waals surface area contributed by atoms with Crippen LogP contribution in [0.3, 0.4) is 0 Å². The van der Waals surface area contributed by atoms with E-state index in [4.69, 9.17) is 9.47 Å². The number of ether oxygens (including phenoxy) is 2. The largest absolute Gasteiger partial charge is 0.463 e. The fourth-order valence-electron chi connectivity index (χ4n) is 2.66. The average molecular weight is 342 g/mol. The highest BCUT2D eigenvalue weighted by atomic mass is 32.1. The SMILES string of the molecule is Cc1nn(-c2ccccc2)c2sc(C(=O)O[C@H]3CCOC3=O)cc12. The smallest absolute Gasteiger partial charge is 0.349 e. The fraction of sp³-hybridized carbons (Fsp3) is 0.235. The molecule has 0 bridgehead atoms. The summed E-state index contributed by atoms with van der Waals surface area (Å²) in [5.41, 5.74) is 1.76. The first-order valence-electron chi connectivity index (χ1n) is 7.55. The van der Waals surface area contributed by atoms with Gasteiger partial charge >= 0.3 is 11.9 Å². The fourth-order valence-corrected chi connectivity index (χ4v) is 3.73. The van der Waals surface area contributed by atoms with Crippen molar-refractivity contribution in [3.63, 3.8) is 0 Å². The van der Waals surface area contributed by atoms with Gasteiger partial charge in [0.1, 0.15) is 9.71 Å². The molecule has 2 aromatic heterocycles. The Hall–Kier alpha value is -2.67. The van der Waals surface area contributed by atoms with Gasteiger partial charge in [0.25, 0.3) is 0 Å². The average Bonchev–Trinajstić information content (AvgIpc) is 3.26. The molecule has 6 nitrogen and oxygen atoms in total. The number of nitrogens with zero attached hydrogens (tertiary/aromatic N) is 2. The van der Waals surface area contributed by atoms with Crippen LogP contribution in [0.15, 0.2) is 36.4 Å². The minimum Gasteiger partial charge on any atom is -0.463 e. The van der Waals surface area contributed by atoms with Crippen molar-refractivity contribution in [3.8, 4) is 5.69 Å². The molecule has 1 aliphatic heterocycles. The quantitative estimate of drug-likeness (QED) is 0.685. The zero-order valence-electron chi connectivity index (χ0n) is 12.9. The first-order valence-corrected chi connectivity index (χ1v) is 8.37. The lowest BCUT2D eigenvalue weighted by atomic mass is 10.3. The van der Waals surface area contributed by atoms with Crippen molar-refractivity contribution in [1.82, 2.24) is 9.78 Å². The zero-order valence-corrected chi connectivity index (χ0v) is 13.7. The van der Waals surface area contributed by atoms with Gasteiger partial charge in [-0.05, 0) is 25.1 Å². The highest BCUT2D eigenvalue weighted by molar-refractivity contribution is 7.20. The van der Waals surface area contributed by atoms with E-state index in [1.807, 2.05) is 41.9 Å². The first-order chi connectivity index (χ1) is 11.6. The molecule has 0 saturated carbocycles. The number of hydrogen-bond donors (Lipinski definition) is 0. The van der Waals surface area contributed by atoms with Crippen molar-refractivity contribution >= 4 is 33.5 Å². The van der Waals surface area contributed by atoms with E-state index < -0.39 is 18.0 Å². The van der Waals surface area contributed by atoms with Crippen LogP contribution in [-0.4, -0.2) is 34.4 Å². The van der Waals surface area contributed by atoms with Crippen LogP contribution < -0.4 is 0 Å². The molecule has 3 heterocycles. The van der Waals surface area contributed by atoms with Gasteiger partial charge in [-0.2, -0.15) is 5.10 Å². The maximum absolute atomic E-state index is 12.3. The molecule has 0 spiro atoms. The predicted molar refractivity (Wildman–Crippen MR) is 88.5 cm³/mol. The molecule has 0 radical (unpaired) electrons. The van der Waals surface area contributed by atoms with E-state index in [2.05, 4.69) is 5.10 Å². The number of aryl methyl sites for hydroxylation is 1. The molecule has 1 saturated heterocycles. The second-order valence-corrected chi connectivity index (χ2v) is 6.54. The topological polar surface area (TPSA) is 70.4 Å². The lowest BCUT2D eigenvalue weighted by molar-refractivity contribution is -0.145. The molecule has 1 aliphatic rings. The highest BCUT2D eigenvalue weighted by Gasteiger charge is 2.31. The van der Waals surface area contributed by atoms with E-state index in [9.17, 15) is 9.59 Å². The molecule has 7 heteroatoms. The van der Waals surface area contributed by atoms with Crippen molar-refractivity contribution < 1.29 is 19.1 Å². The summed E-state index contributed by atoms with van der Waals surface area (Å²) in [6.45, 7) is 2.20. The Bertz CT molecular complexity index is 929. The summed E-state index contributed by atoms with van der Waals surface area (Å²) in [5, 5.41) is 5.44. The van der Waals surface area contributed by atoms with Crippen LogP contribution in [0, 0.1) is 6.92 Å². The lowest BCUT2D eigenvalue weighted by Crippen LogP contribution is -2.22. The summed E-state index contributed by atoms with van der Waals surface area (Å²) in [7, 11) is 0. The summed E-state index contributed by atoms with van der Waals surface area (Å²) in [6, 6.07) is 11.5. The molecule has 1 aromatic carbocycles. The summed E-state index contributed by atoms with van der Waals surface area (Å²) in [4.78, 5) is 25.1. The maximum atomic E-state index is 12.3. The Morgan fingerprint density at radius 3 is 2.88 bits per heavy atom. The van der Waals surface area contributed by atoms with E-state index in [1.165, 1.54) is 11.3 Å². The van der Waals surface area contributed by atoms with Gasteiger partial charge in [-0.25, -0.2) is 14.3 Å². The molecule has 122 valence electrons. The molecule has 0 N–H and O–H groups in total. The van der Waals surface area contributed by atoms with Crippen LogP contribution in [0.4, 0.5) is 0 Å². The monoisotopic (exact) mass is 342 g/mol. The number of esters is 2. The second-order valence-electron chi connectivity index (χ2n) is 5.51. The van der Waals surface area contributed by atoms with Gasteiger partial charge in [-0.1, -0.05) is 18.2 Å². The number of thiophene rings is 1. The van der Waals surface area contributed by atoms with Crippen LogP contribution in [0.25, 0.3) is 15.9 Å². The van der Waals surface area contributed by atoms with Gasteiger partial charge in [0.15, 0.2) is 0 Å². The Morgan fingerprint density at radius 1 is 1.38 bits per heavy atom. The number of hydrogen-bond acceptors (Lipinski definition) is 6. The van der Waals surface area contributed by atoms with Gasteiger partial charge < -0.3 is 9.47 Å². The standard InChI is InChI=1S/C17H14N2O4S/c1-10-12-9-14(17(21)23-13-7-8-22-16(13)20)24-15(12)19(18-10)11-5-3-2-4-6-11/h2-6,9,13H,7-8H2,1H3/t13-/m0/s1. The van der Waals surface area contributed by atoms with Gasteiger partial charge in [-0.3, -0.25) is 0 Å². The third kappa shape index (κ3) is 2.46. The molecule has 4 rings (SSSR count). The third-order valence-corrected chi connectivity index (χ3v) is 4.97. The number of aromatic nitrogens is 2. The summed E-state index contributed by atoms with van der Waals surface area (Å²) < 4.78 is 11.9. The van der Waals surface area contributed by atoms with Crippen LogP contribution in [0.1, 0.15) is 21.8 Å². The van der Waals surface area contributed by atoms with Crippen molar-refractivity contribution in [1.29, 1.82) is 0 Å². The summed E-state index contributed by atoms with van der Waals surface area (Å²) >= 11 is 1.31. The maximum Gasteiger partial charge on any atom is 0.349 e. The molecule has 3 aromatic rings. The molecular formula is C17H14N2O4S. The predicted octanol–water partition coefficient (Wildman–Crippen LogP) is 2.87. The molecule has 24 heavy (non-hydrogen) atoms. The Labute approximate surface area is 141 Å². The Morgan fingerprint density at radius 2 is 2.17 bits per heavy atom. The Balaban J connectivity index is 1.68. The van der Waals surface area contributed by atoms with Crippen molar-refractivity contribution in [2.24, 2.45) is 0 Å². The summed E-state index contributed by atoms with van der Waals surface area (Å²) in [5.74, 6) is -0.977. The van der Waals surface area contributed by atoms with Gasteiger partial charge in [0.2, 0.25) is 6.10 Å². The molecule has 0 unspecified atom stereocenters. The minimum absolute atomic E-state index is 0.297. The van der Waals surface area contributed by atoms with Gasteiger partial charge in [0.05, 0.1) is 18.0 Å². The molecule has 0 amide bonds. The number of fused-ring (bicyclic) bond motifs is 1.